The summed E-state index contributed by atoms with van der Waals surface area (Å²) in [5.41, 5.74) is 3.56. The van der Waals surface area contributed by atoms with E-state index in [4.69, 9.17) is 9.47 Å². The van der Waals surface area contributed by atoms with Gasteiger partial charge in [-0.2, -0.15) is 0 Å². The maximum Gasteiger partial charge on any atom is 0.231 e. The summed E-state index contributed by atoms with van der Waals surface area (Å²) in [4.78, 5) is 0. The summed E-state index contributed by atoms with van der Waals surface area (Å²) in [5.74, 6) is 1.66. The summed E-state index contributed by atoms with van der Waals surface area (Å²) in [6.45, 7) is 2.42. The molecule has 0 atom stereocenters. The Bertz CT molecular complexity index is 855. The summed E-state index contributed by atoms with van der Waals surface area (Å²) < 4.78 is 13.2. The molecule has 0 fully saturated rings. The van der Waals surface area contributed by atoms with E-state index in [1.807, 2.05) is 0 Å². The molecule has 0 spiro atoms. The Balaban J connectivity index is 2.05. The summed E-state index contributed by atoms with van der Waals surface area (Å²) in [6.07, 6.45) is 2.10. The van der Waals surface area contributed by atoms with Crippen LogP contribution in [-0.2, 0) is 7.05 Å². The molecule has 0 N–H and O–H groups in total. The minimum absolute atomic E-state index is 0.305. The quantitative estimate of drug-likeness (QED) is 0.637. The standard InChI is InChI=1S/C18H16NO2/c1-12-9-16-17(21-11-20-16)10-15(12)18-14-6-4-3-5-13(14)7-8-19(18)2/h3-10H,11H2,1-2H3/q+1. The lowest BCUT2D eigenvalue weighted by Crippen LogP contribution is -2.30. The molecule has 2 heterocycles. The zero-order valence-corrected chi connectivity index (χ0v) is 12.1. The first-order valence-electron chi connectivity index (χ1n) is 7.02. The van der Waals surface area contributed by atoms with E-state index < -0.39 is 0 Å². The van der Waals surface area contributed by atoms with Crippen LogP contribution in [0.15, 0.2) is 48.7 Å². The number of benzene rings is 2. The van der Waals surface area contributed by atoms with Crippen LogP contribution in [0.2, 0.25) is 0 Å². The van der Waals surface area contributed by atoms with Crippen molar-refractivity contribution in [2.45, 2.75) is 6.92 Å². The second-order valence-electron chi connectivity index (χ2n) is 5.38. The van der Waals surface area contributed by atoms with E-state index in [2.05, 4.69) is 67.2 Å². The van der Waals surface area contributed by atoms with E-state index >= 15 is 0 Å². The van der Waals surface area contributed by atoms with Crippen molar-refractivity contribution in [1.29, 1.82) is 0 Å². The van der Waals surface area contributed by atoms with Gasteiger partial charge in [0.05, 0.1) is 10.9 Å². The highest BCUT2D eigenvalue weighted by Gasteiger charge is 2.22. The molecule has 4 rings (SSSR count). The van der Waals surface area contributed by atoms with Crippen LogP contribution < -0.4 is 14.0 Å². The third-order valence-corrected chi connectivity index (χ3v) is 4.02. The van der Waals surface area contributed by atoms with Crippen LogP contribution in [0.3, 0.4) is 0 Å². The average molecular weight is 278 g/mol. The van der Waals surface area contributed by atoms with Crippen molar-refractivity contribution >= 4 is 10.8 Å². The first-order valence-corrected chi connectivity index (χ1v) is 7.02. The van der Waals surface area contributed by atoms with E-state index in [1.54, 1.807) is 0 Å². The first-order chi connectivity index (χ1) is 10.2. The number of ether oxygens (including phenoxy) is 2. The fourth-order valence-corrected chi connectivity index (χ4v) is 2.95. The van der Waals surface area contributed by atoms with Gasteiger partial charge < -0.3 is 9.47 Å². The number of aryl methyl sites for hydroxylation is 2. The lowest BCUT2D eigenvalue weighted by Gasteiger charge is -2.09. The molecule has 1 aromatic heterocycles. The molecule has 0 bridgehead atoms. The van der Waals surface area contributed by atoms with Crippen molar-refractivity contribution < 1.29 is 14.0 Å². The molecule has 21 heavy (non-hydrogen) atoms. The number of aromatic nitrogens is 1. The fourth-order valence-electron chi connectivity index (χ4n) is 2.95. The molecule has 0 radical (unpaired) electrons. The molecule has 0 amide bonds. The van der Waals surface area contributed by atoms with Crippen molar-refractivity contribution in [3.63, 3.8) is 0 Å². The van der Waals surface area contributed by atoms with Gasteiger partial charge in [-0.1, -0.05) is 18.2 Å². The van der Waals surface area contributed by atoms with Gasteiger partial charge in [-0.25, -0.2) is 4.57 Å². The SMILES string of the molecule is Cc1cc2c(cc1-c1c3ccccc3cc[n+]1C)OCO2. The highest BCUT2D eigenvalue weighted by atomic mass is 16.7. The van der Waals surface area contributed by atoms with Crippen molar-refractivity contribution in [3.8, 4) is 22.8 Å². The Morgan fingerprint density at radius 1 is 1.00 bits per heavy atom. The molecular formula is C18H16NO2+. The monoisotopic (exact) mass is 278 g/mol. The predicted octanol–water partition coefficient (Wildman–Crippen LogP) is 3.37. The van der Waals surface area contributed by atoms with Gasteiger partial charge in [0.1, 0.15) is 7.05 Å². The van der Waals surface area contributed by atoms with E-state index in [0.717, 1.165) is 11.5 Å². The van der Waals surface area contributed by atoms with Crippen LogP contribution in [0.1, 0.15) is 5.56 Å². The molecule has 0 aliphatic carbocycles. The Morgan fingerprint density at radius 2 is 1.76 bits per heavy atom. The first kappa shape index (κ1) is 12.2. The zero-order valence-electron chi connectivity index (χ0n) is 12.1. The highest BCUT2D eigenvalue weighted by Crippen LogP contribution is 2.39. The third-order valence-electron chi connectivity index (χ3n) is 4.02. The zero-order chi connectivity index (χ0) is 14.4. The van der Waals surface area contributed by atoms with Crippen LogP contribution in [0, 0.1) is 6.92 Å². The number of rotatable bonds is 1. The Hall–Kier alpha value is -2.55. The fraction of sp³-hybridized carbons (Fsp3) is 0.167. The van der Waals surface area contributed by atoms with Gasteiger partial charge in [0, 0.05) is 6.07 Å². The van der Waals surface area contributed by atoms with Gasteiger partial charge in [0.15, 0.2) is 17.7 Å². The number of nitrogens with zero attached hydrogens (tertiary/aromatic N) is 1. The van der Waals surface area contributed by atoms with Gasteiger partial charge in [-0.15, -0.1) is 0 Å². The van der Waals surface area contributed by atoms with Crippen molar-refractivity contribution in [2.75, 3.05) is 6.79 Å². The molecule has 0 saturated heterocycles. The minimum Gasteiger partial charge on any atom is -0.454 e. The minimum atomic E-state index is 0.305. The maximum absolute atomic E-state index is 5.54. The summed E-state index contributed by atoms with van der Waals surface area (Å²) >= 11 is 0. The highest BCUT2D eigenvalue weighted by molar-refractivity contribution is 5.93. The molecule has 2 aromatic carbocycles. The summed E-state index contributed by atoms with van der Waals surface area (Å²) in [6, 6.07) is 14.7. The van der Waals surface area contributed by atoms with Gasteiger partial charge in [0.2, 0.25) is 12.5 Å². The molecule has 3 heteroatoms. The molecule has 104 valence electrons. The molecular weight excluding hydrogens is 262 g/mol. The lowest BCUT2D eigenvalue weighted by molar-refractivity contribution is -0.659. The maximum atomic E-state index is 5.54. The normalized spacial score (nSPS) is 12.9. The van der Waals surface area contributed by atoms with Gasteiger partial charge >= 0.3 is 0 Å². The van der Waals surface area contributed by atoms with Crippen molar-refractivity contribution in [2.24, 2.45) is 7.05 Å². The summed E-state index contributed by atoms with van der Waals surface area (Å²) in [5, 5.41) is 2.48. The van der Waals surface area contributed by atoms with Gasteiger partial charge in [0.25, 0.3) is 0 Å². The van der Waals surface area contributed by atoms with Gasteiger partial charge in [-0.05, 0) is 36.1 Å². The Kier molecular flexibility index (Phi) is 2.61. The topological polar surface area (TPSA) is 22.3 Å². The van der Waals surface area contributed by atoms with Crippen LogP contribution >= 0.6 is 0 Å². The van der Waals surface area contributed by atoms with Crippen LogP contribution in [0.5, 0.6) is 11.5 Å². The van der Waals surface area contributed by atoms with E-state index in [9.17, 15) is 0 Å². The van der Waals surface area contributed by atoms with Crippen LogP contribution in [-0.4, -0.2) is 6.79 Å². The molecule has 3 nitrogen and oxygen atoms in total. The molecule has 1 aliphatic heterocycles. The largest absolute Gasteiger partial charge is 0.454 e. The van der Waals surface area contributed by atoms with E-state index in [1.165, 1.54) is 27.6 Å². The van der Waals surface area contributed by atoms with Crippen LogP contribution in [0.4, 0.5) is 0 Å². The number of fused-ring (bicyclic) bond motifs is 2. The molecule has 3 aromatic rings. The Morgan fingerprint density at radius 3 is 2.62 bits per heavy atom. The second kappa shape index (κ2) is 4.48. The van der Waals surface area contributed by atoms with Gasteiger partial charge in [-0.3, -0.25) is 0 Å². The van der Waals surface area contributed by atoms with E-state index in [0.29, 0.717) is 6.79 Å². The Labute approximate surface area is 123 Å². The van der Waals surface area contributed by atoms with Crippen molar-refractivity contribution in [1.82, 2.24) is 0 Å². The molecule has 1 aliphatic rings. The lowest BCUT2D eigenvalue weighted by atomic mass is 9.99. The van der Waals surface area contributed by atoms with Crippen molar-refractivity contribution in [3.05, 3.63) is 54.2 Å². The predicted molar refractivity (Wildman–Crippen MR) is 81.4 cm³/mol. The molecule has 0 unspecified atom stereocenters. The van der Waals surface area contributed by atoms with E-state index in [-0.39, 0.29) is 0 Å². The smallest absolute Gasteiger partial charge is 0.231 e. The summed E-state index contributed by atoms with van der Waals surface area (Å²) in [7, 11) is 2.08. The number of hydrogen-bond acceptors (Lipinski definition) is 2. The van der Waals surface area contributed by atoms with Crippen LogP contribution in [0.25, 0.3) is 22.0 Å². The third kappa shape index (κ3) is 1.85. The molecule has 0 saturated carbocycles. The number of pyridine rings is 1. The number of hydrogen-bond donors (Lipinski definition) is 0. The second-order valence-corrected chi connectivity index (χ2v) is 5.38. The average Bonchev–Trinajstić information content (AvgIpc) is 2.94.